The first-order valence-corrected chi connectivity index (χ1v) is 8.47. The number of carboxylic acid groups (broad SMARTS) is 1. The lowest BCUT2D eigenvalue weighted by atomic mass is 10.0. The van der Waals surface area contributed by atoms with Crippen LogP contribution < -0.4 is 4.74 Å². The second kappa shape index (κ2) is 8.39. The maximum absolute atomic E-state index is 10.9. The largest absolute Gasteiger partial charge is 0.481 e. The van der Waals surface area contributed by atoms with Crippen molar-refractivity contribution in [2.24, 2.45) is 0 Å². The van der Waals surface area contributed by atoms with Crippen molar-refractivity contribution in [1.82, 2.24) is 4.57 Å². The molecule has 0 spiro atoms. The van der Waals surface area contributed by atoms with Crippen molar-refractivity contribution in [3.63, 3.8) is 0 Å². The van der Waals surface area contributed by atoms with Gasteiger partial charge in [0.05, 0.1) is 0 Å². The summed E-state index contributed by atoms with van der Waals surface area (Å²) in [5, 5.41) is 27.4. The van der Waals surface area contributed by atoms with Gasteiger partial charge in [-0.25, -0.2) is 4.79 Å². The van der Waals surface area contributed by atoms with Crippen molar-refractivity contribution < 1.29 is 24.9 Å². The van der Waals surface area contributed by atoms with Gasteiger partial charge in [0.15, 0.2) is 12.9 Å². The minimum atomic E-state index is -1.52. The van der Waals surface area contributed by atoms with E-state index in [1.54, 1.807) is 43.4 Å². The maximum atomic E-state index is 10.9. The quantitative estimate of drug-likeness (QED) is 0.573. The van der Waals surface area contributed by atoms with Gasteiger partial charge in [0.25, 0.3) is 7.05 Å². The van der Waals surface area contributed by atoms with Crippen LogP contribution in [0.3, 0.4) is 0 Å². The van der Waals surface area contributed by atoms with E-state index in [-0.39, 0.29) is 0 Å². The summed E-state index contributed by atoms with van der Waals surface area (Å²) in [4.78, 5) is 14.8. The molecule has 3 rings (SSSR count). The Morgan fingerprint density at radius 1 is 1.11 bits per heavy atom. The zero-order chi connectivity index (χ0) is 20.1. The van der Waals surface area contributed by atoms with Crippen LogP contribution in [-0.2, 0) is 4.79 Å². The fraction of sp³-hybridized carbons (Fsp3) is 0.143. The Bertz CT molecular complexity index is 1040. The van der Waals surface area contributed by atoms with Crippen LogP contribution in [0.25, 0.3) is 21.7 Å². The topological polar surface area (TPSA) is 96.3 Å². The summed E-state index contributed by atoms with van der Waals surface area (Å²) in [6, 6.07) is 16.9. The smallest absolute Gasteiger partial charge is 0.341 e. The van der Waals surface area contributed by atoms with Crippen molar-refractivity contribution in [2.45, 2.75) is 6.29 Å². The molecule has 0 aliphatic rings. The number of aliphatic carboxylic acids is 1. The molecule has 2 aromatic carbocycles. The Labute approximate surface area is 161 Å². The summed E-state index contributed by atoms with van der Waals surface area (Å²) in [7, 11) is 1.62. The van der Waals surface area contributed by atoms with Gasteiger partial charge >= 0.3 is 12.0 Å². The first-order chi connectivity index (χ1) is 13.5. The van der Waals surface area contributed by atoms with E-state index in [0.717, 1.165) is 16.8 Å². The molecule has 3 aromatic rings. The number of ether oxygens (including phenoxy) is 1. The molecule has 0 unspecified atom stereocenters. The normalized spacial score (nSPS) is 10.4. The lowest BCUT2D eigenvalue weighted by Gasteiger charge is -2.09. The monoisotopic (exact) mass is 379 g/mol. The van der Waals surface area contributed by atoms with Gasteiger partial charge in [-0.15, -0.1) is 0 Å². The molecular weight excluding hydrogens is 360 g/mol. The summed E-state index contributed by atoms with van der Waals surface area (Å²) < 4.78 is 7.27. The molecule has 0 atom stereocenters. The molecular formula is C21H19N2O5+. The molecule has 1 aromatic heterocycles. The van der Waals surface area contributed by atoms with Crippen LogP contribution in [0.15, 0.2) is 60.9 Å². The minimum Gasteiger partial charge on any atom is -0.481 e. The lowest BCUT2D eigenvalue weighted by molar-refractivity contribution is -0.139. The molecule has 28 heavy (non-hydrogen) atoms. The summed E-state index contributed by atoms with van der Waals surface area (Å²) in [6.07, 6.45) is 2.17. The third-order valence-corrected chi connectivity index (χ3v) is 4.08. The molecule has 7 nitrogen and oxygen atoms in total. The Balaban J connectivity index is 2.05. The highest BCUT2D eigenvalue weighted by molar-refractivity contribution is 5.77. The number of aromatic nitrogens is 1. The molecule has 0 saturated heterocycles. The number of aliphatic hydroxyl groups is 2. The summed E-state index contributed by atoms with van der Waals surface area (Å²) in [5.74, 6) is -0.610. The zero-order valence-electron chi connectivity index (χ0n) is 15.1. The van der Waals surface area contributed by atoms with Crippen LogP contribution >= 0.6 is 0 Å². The highest BCUT2D eigenvalue weighted by Gasteiger charge is 2.17. The molecule has 0 bridgehead atoms. The van der Waals surface area contributed by atoms with Gasteiger partial charge in [-0.1, -0.05) is 35.2 Å². The van der Waals surface area contributed by atoms with Crippen molar-refractivity contribution in [3.8, 4) is 28.6 Å². The molecule has 0 fully saturated rings. The van der Waals surface area contributed by atoms with E-state index < -0.39 is 18.9 Å². The highest BCUT2D eigenvalue weighted by atomic mass is 16.5. The fourth-order valence-corrected chi connectivity index (χ4v) is 2.80. The van der Waals surface area contributed by atoms with E-state index in [2.05, 4.69) is 10.9 Å². The molecule has 142 valence electrons. The number of benzene rings is 2. The van der Waals surface area contributed by atoms with E-state index in [1.165, 1.54) is 0 Å². The highest BCUT2D eigenvalue weighted by Crippen LogP contribution is 2.34. The first-order valence-electron chi connectivity index (χ1n) is 8.47. The Morgan fingerprint density at radius 3 is 2.46 bits per heavy atom. The van der Waals surface area contributed by atoms with Crippen molar-refractivity contribution in [1.29, 1.82) is 0 Å². The predicted molar refractivity (Wildman–Crippen MR) is 104 cm³/mol. The maximum Gasteiger partial charge on any atom is 0.341 e. The molecule has 0 aliphatic carbocycles. The molecule has 0 saturated carbocycles. The Kier molecular flexibility index (Phi) is 5.75. The summed E-state index contributed by atoms with van der Waals surface area (Å²) in [6.45, 7) is -0.441. The SMILES string of the molecule is C[N+]#Cc1cn(-c2ccc(C(O)O)cc2)cc1-c1ccccc1OCC(=O)O. The summed E-state index contributed by atoms with van der Waals surface area (Å²) in [5.41, 5.74) is 3.40. The lowest BCUT2D eigenvalue weighted by Crippen LogP contribution is -2.09. The first kappa shape index (κ1) is 19.2. The van der Waals surface area contributed by atoms with Gasteiger partial charge in [0, 0.05) is 34.8 Å². The minimum absolute atomic E-state index is 0.394. The fourth-order valence-electron chi connectivity index (χ4n) is 2.80. The number of hydrogen-bond acceptors (Lipinski definition) is 4. The average molecular weight is 379 g/mol. The Hall–Kier alpha value is -3.60. The van der Waals surface area contributed by atoms with Crippen molar-refractivity contribution in [2.75, 3.05) is 13.7 Å². The van der Waals surface area contributed by atoms with Crippen molar-refractivity contribution >= 4 is 5.97 Å². The van der Waals surface area contributed by atoms with E-state index in [9.17, 15) is 15.0 Å². The number of carboxylic acids is 1. The van der Waals surface area contributed by atoms with Crippen LogP contribution in [0, 0.1) is 6.07 Å². The van der Waals surface area contributed by atoms with Gasteiger partial charge in [-0.3, -0.25) is 0 Å². The van der Waals surface area contributed by atoms with E-state index in [4.69, 9.17) is 9.84 Å². The van der Waals surface area contributed by atoms with E-state index in [1.807, 2.05) is 29.1 Å². The van der Waals surface area contributed by atoms with Gasteiger partial charge in [0.2, 0.25) is 0 Å². The zero-order valence-corrected chi connectivity index (χ0v) is 15.1. The number of aliphatic hydroxyl groups excluding tert-OH is 1. The standard InChI is InChI=1S/C21H18N2O5/c1-22-10-15-11-23(16-8-6-14(7-9-16)21(26)27)12-18(15)17-4-2-3-5-19(17)28-13-20(24)25/h2-9,11-12,21,26-27H,13H2,1H3/p+1. The number of carbonyl (C=O) groups is 1. The van der Waals surface area contributed by atoms with E-state index >= 15 is 0 Å². The molecule has 1 heterocycles. The average Bonchev–Trinajstić information content (AvgIpc) is 3.10. The van der Waals surface area contributed by atoms with Gasteiger partial charge in [-0.2, -0.15) is 0 Å². The molecule has 7 heteroatoms. The third kappa shape index (κ3) is 4.20. The molecule has 0 aliphatic heterocycles. The third-order valence-electron chi connectivity index (χ3n) is 4.08. The number of hydrogen-bond donors (Lipinski definition) is 3. The number of rotatable bonds is 6. The second-order valence-corrected chi connectivity index (χ2v) is 5.97. The van der Waals surface area contributed by atoms with Gasteiger partial charge in [-0.05, 0) is 18.2 Å². The predicted octanol–water partition coefficient (Wildman–Crippen LogP) is 2.90. The van der Waals surface area contributed by atoms with Crippen LogP contribution in [0.2, 0.25) is 0 Å². The van der Waals surface area contributed by atoms with Crippen LogP contribution in [0.1, 0.15) is 17.4 Å². The van der Waals surface area contributed by atoms with Gasteiger partial charge in [0.1, 0.15) is 11.3 Å². The molecule has 3 N–H and O–H groups in total. The second-order valence-electron chi connectivity index (χ2n) is 5.97. The Morgan fingerprint density at radius 2 is 1.82 bits per heavy atom. The van der Waals surface area contributed by atoms with Gasteiger partial charge < -0.3 is 24.6 Å². The van der Waals surface area contributed by atoms with Crippen LogP contribution in [-0.4, -0.2) is 39.5 Å². The van der Waals surface area contributed by atoms with Crippen LogP contribution in [0.5, 0.6) is 5.75 Å². The van der Waals surface area contributed by atoms with Crippen molar-refractivity contribution in [3.05, 3.63) is 76.9 Å². The van der Waals surface area contributed by atoms with E-state index in [0.29, 0.717) is 16.9 Å². The molecule has 0 radical (unpaired) electrons. The number of nitrogens with zero attached hydrogens (tertiary/aromatic N) is 2. The summed E-state index contributed by atoms with van der Waals surface area (Å²) >= 11 is 0. The number of para-hydroxylation sites is 1. The van der Waals surface area contributed by atoms with Crippen LogP contribution in [0.4, 0.5) is 0 Å². The molecule has 0 amide bonds.